The Morgan fingerprint density at radius 3 is 2.67 bits per heavy atom. The van der Waals surface area contributed by atoms with E-state index in [0.29, 0.717) is 6.79 Å². The zero-order valence-electron chi connectivity index (χ0n) is 12.3. The average molecular weight is 282 g/mol. The Hall–Kier alpha value is -2.00. The van der Waals surface area contributed by atoms with Crippen molar-refractivity contribution in [3.05, 3.63) is 65.0 Å². The normalized spacial score (nSPS) is 14.1. The van der Waals surface area contributed by atoms with Gasteiger partial charge in [-0.3, -0.25) is 0 Å². The molecule has 0 aromatic heterocycles. The molecular weight excluding hydrogens is 262 g/mol. The Balaban J connectivity index is 1.72. The summed E-state index contributed by atoms with van der Waals surface area (Å²) in [5, 5.41) is 4.88. The van der Waals surface area contributed by atoms with Crippen molar-refractivity contribution in [1.29, 1.82) is 0 Å². The van der Waals surface area contributed by atoms with Crippen LogP contribution in [0.15, 0.2) is 48.5 Å². The van der Waals surface area contributed by atoms with Crippen LogP contribution >= 0.6 is 0 Å². The lowest BCUT2D eigenvalue weighted by Gasteiger charge is -2.32. The van der Waals surface area contributed by atoms with Crippen molar-refractivity contribution < 1.29 is 9.47 Å². The predicted molar refractivity (Wildman–Crippen MR) is 83.7 cm³/mol. The minimum absolute atomic E-state index is 0.213. The molecule has 3 heteroatoms. The van der Waals surface area contributed by atoms with E-state index in [-0.39, 0.29) is 6.04 Å². The van der Waals surface area contributed by atoms with Gasteiger partial charge < -0.3 is 14.8 Å². The summed E-state index contributed by atoms with van der Waals surface area (Å²) in [6, 6.07) is 16.7. The second kappa shape index (κ2) is 6.64. The van der Waals surface area contributed by atoms with Gasteiger partial charge in [0, 0.05) is 0 Å². The average Bonchev–Trinajstić information content (AvgIpc) is 3.00. The molecule has 0 radical (unpaired) electrons. The Bertz CT molecular complexity index is 583. The van der Waals surface area contributed by atoms with Gasteiger partial charge in [0.05, 0.1) is 0 Å². The first-order valence-corrected chi connectivity index (χ1v) is 7.47. The maximum atomic E-state index is 5.47. The maximum Gasteiger partial charge on any atom is 0.231 e. The fourth-order valence-electron chi connectivity index (χ4n) is 2.56. The number of hydrogen-bond donors (Lipinski definition) is 0. The van der Waals surface area contributed by atoms with Crippen molar-refractivity contribution in [3.63, 3.8) is 0 Å². The summed E-state index contributed by atoms with van der Waals surface area (Å²) in [5.74, 6) is 1.67. The predicted octanol–water partition coefficient (Wildman–Crippen LogP) is 4.83. The molecule has 1 atom stereocenters. The highest BCUT2D eigenvalue weighted by Gasteiger charge is 2.14. The van der Waals surface area contributed by atoms with E-state index in [1.807, 2.05) is 12.1 Å². The topological polar surface area (TPSA) is 32.6 Å². The van der Waals surface area contributed by atoms with Gasteiger partial charge >= 0.3 is 0 Å². The maximum absolute atomic E-state index is 5.47. The summed E-state index contributed by atoms with van der Waals surface area (Å²) in [6.07, 6.45) is 2.16. The molecule has 0 spiro atoms. The van der Waals surface area contributed by atoms with Crippen molar-refractivity contribution >= 4 is 0 Å². The Morgan fingerprint density at radius 1 is 1.05 bits per heavy atom. The molecule has 2 aromatic rings. The zero-order valence-corrected chi connectivity index (χ0v) is 12.3. The Labute approximate surface area is 125 Å². The molecule has 110 valence electrons. The molecule has 1 aliphatic rings. The van der Waals surface area contributed by atoms with Crippen LogP contribution in [0.5, 0.6) is 11.5 Å². The van der Waals surface area contributed by atoms with Gasteiger partial charge in [-0.1, -0.05) is 67.3 Å². The minimum atomic E-state index is 0.213. The summed E-state index contributed by atoms with van der Waals surface area (Å²) in [5.41, 5.74) is 2.45. The van der Waals surface area contributed by atoms with Gasteiger partial charge in [-0.2, -0.15) is 0 Å². The molecule has 0 aliphatic carbocycles. The second-order valence-electron chi connectivity index (χ2n) is 5.24. The summed E-state index contributed by atoms with van der Waals surface area (Å²) in [4.78, 5) is 0. The molecule has 1 unspecified atom stereocenters. The largest absolute Gasteiger partial charge is 0.652 e. The molecule has 1 heterocycles. The Morgan fingerprint density at radius 2 is 1.86 bits per heavy atom. The van der Waals surface area contributed by atoms with E-state index in [2.05, 4.69) is 43.3 Å². The molecule has 3 nitrogen and oxygen atoms in total. The van der Waals surface area contributed by atoms with Gasteiger partial charge in [0.1, 0.15) is 0 Å². The van der Waals surface area contributed by atoms with E-state index in [0.717, 1.165) is 30.9 Å². The van der Waals surface area contributed by atoms with Crippen molar-refractivity contribution in [2.75, 3.05) is 6.79 Å². The molecule has 0 saturated heterocycles. The first kappa shape index (κ1) is 14.0. The van der Waals surface area contributed by atoms with E-state index in [1.165, 1.54) is 11.1 Å². The van der Waals surface area contributed by atoms with E-state index in [4.69, 9.17) is 14.8 Å². The molecule has 2 aromatic carbocycles. The lowest BCUT2D eigenvalue weighted by molar-refractivity contribution is 0.174. The number of nitrogens with zero attached hydrogens (tertiary/aromatic N) is 1. The van der Waals surface area contributed by atoms with E-state index < -0.39 is 0 Å². The third-order valence-corrected chi connectivity index (χ3v) is 3.68. The van der Waals surface area contributed by atoms with E-state index >= 15 is 0 Å². The van der Waals surface area contributed by atoms with Crippen LogP contribution in [-0.4, -0.2) is 6.79 Å². The third-order valence-electron chi connectivity index (χ3n) is 3.68. The first-order valence-electron chi connectivity index (χ1n) is 7.47. The van der Waals surface area contributed by atoms with Gasteiger partial charge in [0.2, 0.25) is 6.79 Å². The fraction of sp³-hybridized carbons (Fsp3) is 0.333. The third kappa shape index (κ3) is 3.37. The lowest BCUT2D eigenvalue weighted by atomic mass is 10.0. The number of rotatable bonds is 6. The van der Waals surface area contributed by atoms with Crippen molar-refractivity contribution in [1.82, 2.24) is 0 Å². The molecule has 21 heavy (non-hydrogen) atoms. The molecule has 0 bridgehead atoms. The fourth-order valence-corrected chi connectivity index (χ4v) is 2.56. The van der Waals surface area contributed by atoms with Crippen LogP contribution in [0.3, 0.4) is 0 Å². The van der Waals surface area contributed by atoms with Crippen molar-refractivity contribution in [3.8, 4) is 11.5 Å². The van der Waals surface area contributed by atoms with Crippen molar-refractivity contribution in [2.45, 2.75) is 32.4 Å². The lowest BCUT2D eigenvalue weighted by Crippen LogP contribution is -1.99. The first-order chi connectivity index (χ1) is 10.4. The molecule has 1 aliphatic heterocycles. The van der Waals surface area contributed by atoms with E-state index in [1.54, 1.807) is 0 Å². The van der Waals surface area contributed by atoms with Gasteiger partial charge in [-0.25, -0.2) is 0 Å². The van der Waals surface area contributed by atoms with Crippen LogP contribution in [0, 0.1) is 0 Å². The van der Waals surface area contributed by atoms with Gasteiger partial charge in [0.15, 0.2) is 11.5 Å². The highest BCUT2D eigenvalue weighted by atomic mass is 16.7. The number of benzene rings is 2. The van der Waals surface area contributed by atoms with Gasteiger partial charge in [-0.05, 0) is 12.1 Å². The smallest absolute Gasteiger partial charge is 0.231 e. The molecule has 3 rings (SSSR count). The highest BCUT2D eigenvalue weighted by molar-refractivity contribution is 5.46. The summed E-state index contributed by atoms with van der Waals surface area (Å²) < 4.78 is 10.8. The standard InChI is InChI=1S/C18H20NO2/c1-2-6-16(19-12-14-7-4-3-5-8-14)15-9-10-17-18(11-15)21-13-20-17/h3-5,7-11,16H,2,6,12-13H2,1H3/q-1. The number of fused-ring (bicyclic) bond motifs is 1. The van der Waals surface area contributed by atoms with Gasteiger partial charge in [0.25, 0.3) is 0 Å². The molecule has 0 saturated carbocycles. The van der Waals surface area contributed by atoms with Gasteiger partial charge in [-0.15, -0.1) is 12.6 Å². The molecule has 0 amide bonds. The number of ether oxygens (including phenoxy) is 2. The van der Waals surface area contributed by atoms with Crippen LogP contribution in [0.4, 0.5) is 0 Å². The second-order valence-corrected chi connectivity index (χ2v) is 5.24. The summed E-state index contributed by atoms with van der Waals surface area (Å²) in [7, 11) is 0. The van der Waals surface area contributed by atoms with E-state index in [9.17, 15) is 0 Å². The highest BCUT2D eigenvalue weighted by Crippen LogP contribution is 2.37. The SMILES string of the molecule is CCCC([N-]Cc1ccccc1)c1ccc2c(c1)OCO2. The van der Waals surface area contributed by atoms with Crippen LogP contribution in [0.1, 0.15) is 36.9 Å². The molecule has 0 fully saturated rings. The monoisotopic (exact) mass is 282 g/mol. The molecule has 0 N–H and O–H groups in total. The van der Waals surface area contributed by atoms with Crippen LogP contribution < -0.4 is 9.47 Å². The van der Waals surface area contributed by atoms with Crippen LogP contribution in [0.2, 0.25) is 0 Å². The molecular formula is C18H20NO2-. The quantitative estimate of drug-likeness (QED) is 0.760. The summed E-state index contributed by atoms with van der Waals surface area (Å²) in [6.45, 7) is 3.26. The van der Waals surface area contributed by atoms with Crippen molar-refractivity contribution in [2.24, 2.45) is 0 Å². The zero-order chi connectivity index (χ0) is 14.5. The minimum Gasteiger partial charge on any atom is -0.652 e. The Kier molecular flexibility index (Phi) is 4.41. The summed E-state index contributed by atoms with van der Waals surface area (Å²) >= 11 is 0. The van der Waals surface area contributed by atoms with Crippen LogP contribution in [0.25, 0.3) is 5.32 Å². The number of hydrogen-bond acceptors (Lipinski definition) is 2. The van der Waals surface area contributed by atoms with Crippen LogP contribution in [-0.2, 0) is 6.54 Å².